The number of rotatable bonds is 5. The minimum atomic E-state index is -0.987. The third-order valence-corrected chi connectivity index (χ3v) is 11.0. The smallest absolute Gasteiger partial charge is 0.410 e. The average Bonchev–Trinajstić information content (AvgIpc) is 3.69. The Balaban J connectivity index is 1.26. The lowest BCUT2D eigenvalue weighted by Gasteiger charge is -2.42. The Morgan fingerprint density at radius 3 is 2.59 bits per heavy atom. The number of pyridine rings is 1. The molecule has 4 fully saturated rings. The zero-order chi connectivity index (χ0) is 35.8. The van der Waals surface area contributed by atoms with E-state index < -0.39 is 28.9 Å². The van der Waals surface area contributed by atoms with Gasteiger partial charge in [-0.3, -0.25) is 9.80 Å². The van der Waals surface area contributed by atoms with E-state index in [1.807, 2.05) is 25.7 Å². The van der Waals surface area contributed by atoms with Gasteiger partial charge in [-0.25, -0.2) is 22.9 Å². The number of anilines is 1. The highest BCUT2D eigenvalue weighted by atomic mass is 19.1. The fourth-order valence-electron chi connectivity index (χ4n) is 8.93. The van der Waals surface area contributed by atoms with Gasteiger partial charge in [-0.1, -0.05) is 18.2 Å². The summed E-state index contributed by atoms with van der Waals surface area (Å²) in [5.74, 6) is -1.55. The van der Waals surface area contributed by atoms with Gasteiger partial charge >= 0.3 is 6.09 Å². The number of carbonyl (C=O) groups excluding carboxylic acids is 1. The summed E-state index contributed by atoms with van der Waals surface area (Å²) in [7, 11) is 0. The van der Waals surface area contributed by atoms with Gasteiger partial charge in [-0.05, 0) is 88.2 Å². The zero-order valence-electron chi connectivity index (χ0n) is 28.9. The molecule has 4 atom stereocenters. The molecule has 4 saturated heterocycles. The SMILES string of the molecule is CC(C)(C)OC(=O)N1C2CCC1CN(c1c(C#N)c(OCC34CCCN3C[C@H](F)C4)nc3c(F)c(-c4cc(O)cc5cccc(F)c45)ccc13)C2. The molecule has 9 nitrogen and oxygen atoms in total. The summed E-state index contributed by atoms with van der Waals surface area (Å²) in [5.41, 5.74) is -0.544. The van der Waals surface area contributed by atoms with Gasteiger partial charge in [0, 0.05) is 42.4 Å². The lowest BCUT2D eigenvalue weighted by Crippen LogP contribution is -2.57. The van der Waals surface area contributed by atoms with Crippen LogP contribution in [0.3, 0.4) is 0 Å². The molecular weight excluding hydrogens is 659 g/mol. The summed E-state index contributed by atoms with van der Waals surface area (Å²) < 4.78 is 59.1. The summed E-state index contributed by atoms with van der Waals surface area (Å²) in [6.07, 6.45) is 2.05. The molecule has 3 aromatic carbocycles. The molecule has 4 aliphatic rings. The van der Waals surface area contributed by atoms with Crippen molar-refractivity contribution in [2.75, 3.05) is 37.7 Å². The minimum absolute atomic E-state index is 0.0223. The van der Waals surface area contributed by atoms with Gasteiger partial charge in [0.2, 0.25) is 5.88 Å². The van der Waals surface area contributed by atoms with Crippen LogP contribution in [-0.2, 0) is 4.74 Å². The van der Waals surface area contributed by atoms with Gasteiger partial charge in [-0.2, -0.15) is 5.26 Å². The van der Waals surface area contributed by atoms with E-state index in [4.69, 9.17) is 9.47 Å². The van der Waals surface area contributed by atoms with E-state index in [9.17, 15) is 19.6 Å². The van der Waals surface area contributed by atoms with Crippen LogP contribution in [-0.4, -0.2) is 88.2 Å². The Bertz CT molecular complexity index is 2100. The van der Waals surface area contributed by atoms with Gasteiger partial charge in [-0.15, -0.1) is 0 Å². The summed E-state index contributed by atoms with van der Waals surface area (Å²) >= 11 is 0. The largest absolute Gasteiger partial charge is 0.508 e. The van der Waals surface area contributed by atoms with E-state index in [-0.39, 0.29) is 64.0 Å². The van der Waals surface area contributed by atoms with E-state index in [0.717, 1.165) is 32.2 Å². The Morgan fingerprint density at radius 1 is 1.10 bits per heavy atom. The normalized spacial score (nSPS) is 24.7. The third kappa shape index (κ3) is 5.66. The second-order valence-corrected chi connectivity index (χ2v) is 15.4. The Hall–Kier alpha value is -4.76. The molecule has 1 aromatic heterocycles. The molecule has 0 radical (unpaired) electrons. The first kappa shape index (κ1) is 33.4. The predicted molar refractivity (Wildman–Crippen MR) is 187 cm³/mol. The lowest BCUT2D eigenvalue weighted by molar-refractivity contribution is 0.0123. The van der Waals surface area contributed by atoms with Crippen molar-refractivity contribution < 1.29 is 32.5 Å². The molecule has 1 N–H and O–H groups in total. The zero-order valence-corrected chi connectivity index (χ0v) is 28.9. The summed E-state index contributed by atoms with van der Waals surface area (Å²) in [6, 6.07) is 12.3. The van der Waals surface area contributed by atoms with Crippen molar-refractivity contribution >= 4 is 33.5 Å². The van der Waals surface area contributed by atoms with Crippen molar-refractivity contribution in [1.82, 2.24) is 14.8 Å². The van der Waals surface area contributed by atoms with Gasteiger partial charge < -0.3 is 19.5 Å². The van der Waals surface area contributed by atoms with E-state index in [2.05, 4.69) is 16.0 Å². The highest BCUT2D eigenvalue weighted by Crippen LogP contribution is 2.45. The van der Waals surface area contributed by atoms with Crippen molar-refractivity contribution in [3.05, 3.63) is 59.7 Å². The molecule has 3 unspecified atom stereocenters. The molecule has 4 aliphatic heterocycles. The highest BCUT2D eigenvalue weighted by molar-refractivity contribution is 6.03. The Labute approximate surface area is 294 Å². The third-order valence-electron chi connectivity index (χ3n) is 11.0. The van der Waals surface area contributed by atoms with E-state index >= 15 is 8.78 Å². The molecule has 0 aliphatic carbocycles. The maximum atomic E-state index is 17.1. The number of phenols is 1. The maximum absolute atomic E-state index is 17.1. The van der Waals surface area contributed by atoms with Crippen LogP contribution in [0.25, 0.3) is 32.8 Å². The summed E-state index contributed by atoms with van der Waals surface area (Å²) in [4.78, 5) is 23.8. The quantitative estimate of drug-likeness (QED) is 0.229. The topological polar surface area (TPSA) is 102 Å². The molecule has 51 heavy (non-hydrogen) atoms. The van der Waals surface area contributed by atoms with Crippen LogP contribution in [0.5, 0.6) is 11.6 Å². The number of nitrogens with zero attached hydrogens (tertiary/aromatic N) is 5. The Morgan fingerprint density at radius 2 is 1.86 bits per heavy atom. The molecule has 266 valence electrons. The second-order valence-electron chi connectivity index (χ2n) is 15.4. The number of halogens is 3. The molecule has 4 aromatic rings. The monoisotopic (exact) mass is 699 g/mol. The van der Waals surface area contributed by atoms with E-state index in [1.54, 1.807) is 17.0 Å². The van der Waals surface area contributed by atoms with Crippen LogP contribution < -0.4 is 9.64 Å². The average molecular weight is 700 g/mol. The van der Waals surface area contributed by atoms with Crippen LogP contribution in [0.4, 0.5) is 23.7 Å². The fraction of sp³-hybridized carbons (Fsp3) is 0.462. The highest BCUT2D eigenvalue weighted by Gasteiger charge is 2.50. The van der Waals surface area contributed by atoms with Crippen LogP contribution in [0.15, 0.2) is 42.5 Å². The summed E-state index contributed by atoms with van der Waals surface area (Å²) in [6.45, 7) is 7.38. The first-order valence-electron chi connectivity index (χ1n) is 17.6. The predicted octanol–water partition coefficient (Wildman–Crippen LogP) is 7.45. The number of hydrogen-bond acceptors (Lipinski definition) is 8. The first-order chi connectivity index (χ1) is 24.4. The van der Waals surface area contributed by atoms with Crippen molar-refractivity contribution in [1.29, 1.82) is 5.26 Å². The minimum Gasteiger partial charge on any atom is -0.508 e. The van der Waals surface area contributed by atoms with Gasteiger partial charge in [0.25, 0.3) is 0 Å². The molecule has 0 spiro atoms. The van der Waals surface area contributed by atoms with Crippen molar-refractivity contribution in [2.45, 2.75) is 82.3 Å². The number of amides is 1. The van der Waals surface area contributed by atoms with Crippen molar-refractivity contribution in [2.24, 2.45) is 0 Å². The second kappa shape index (κ2) is 12.2. The number of aromatic hydroxyl groups is 1. The number of hydrogen-bond donors (Lipinski definition) is 1. The number of ether oxygens (including phenoxy) is 2. The number of carbonyl (C=O) groups is 1. The number of phenolic OH excluding ortho intramolecular Hbond substituents is 1. The number of aromatic nitrogens is 1. The van der Waals surface area contributed by atoms with Gasteiger partial charge in [0.1, 0.15) is 47.1 Å². The van der Waals surface area contributed by atoms with Gasteiger partial charge in [0.05, 0.1) is 23.3 Å². The standard InChI is InChI=1S/C39H40F3N5O4/c1-38(2,3)51-37(49)47-24-8-9-25(47)20-45(19-24)35-28-11-10-27(29-15-26(48)14-22-6-4-7-31(41)32(22)29)33(42)34(28)44-36(30(35)17-43)50-21-39-12-5-13-46(39)18-23(40)16-39/h4,6-7,10-11,14-15,23-25,48H,5,8-9,12-13,16,18-21H2,1-3H3/t23-,24?,25?,39?/m1/s1. The summed E-state index contributed by atoms with van der Waals surface area (Å²) in [5, 5.41) is 22.2. The van der Waals surface area contributed by atoms with Crippen LogP contribution in [0.1, 0.15) is 58.4 Å². The molecule has 2 bridgehead atoms. The van der Waals surface area contributed by atoms with E-state index in [1.165, 1.54) is 30.3 Å². The lowest BCUT2D eigenvalue weighted by atomic mass is 9.94. The molecule has 8 rings (SSSR count). The van der Waals surface area contributed by atoms with Crippen LogP contribution in [0.2, 0.25) is 0 Å². The Kier molecular flexibility index (Phi) is 7.98. The van der Waals surface area contributed by atoms with Crippen molar-refractivity contribution in [3.8, 4) is 28.8 Å². The van der Waals surface area contributed by atoms with Crippen LogP contribution in [0, 0.1) is 23.0 Å². The molecular formula is C39H40F3N5O4. The maximum Gasteiger partial charge on any atom is 0.410 e. The molecule has 1 amide bonds. The van der Waals surface area contributed by atoms with E-state index in [0.29, 0.717) is 42.5 Å². The molecule has 5 heterocycles. The molecule has 12 heteroatoms. The number of benzene rings is 3. The van der Waals surface area contributed by atoms with Gasteiger partial charge in [0.15, 0.2) is 5.82 Å². The first-order valence-corrected chi connectivity index (χ1v) is 17.6. The fourth-order valence-corrected chi connectivity index (χ4v) is 8.93. The van der Waals surface area contributed by atoms with Crippen LogP contribution >= 0.6 is 0 Å². The molecule has 0 saturated carbocycles. The van der Waals surface area contributed by atoms with Crippen molar-refractivity contribution in [3.63, 3.8) is 0 Å². The number of nitriles is 1. The number of alkyl halides is 1. The number of piperazine rings is 1. The number of fused-ring (bicyclic) bond motifs is 5.